The smallest absolute Gasteiger partial charge is 0.261 e. The molecule has 4 rings (SSSR count). The largest absolute Gasteiger partial charge is 0.376 e. The molecule has 1 aromatic rings. The highest BCUT2D eigenvalue weighted by Crippen LogP contribution is 2.42. The van der Waals surface area contributed by atoms with Crippen LogP contribution in [0.3, 0.4) is 0 Å². The van der Waals surface area contributed by atoms with Crippen molar-refractivity contribution in [2.75, 3.05) is 6.61 Å². The summed E-state index contributed by atoms with van der Waals surface area (Å²) in [6.45, 7) is 0.680. The molecule has 0 spiro atoms. The lowest BCUT2D eigenvalue weighted by molar-refractivity contribution is -0.138. The molecule has 1 saturated carbocycles. The van der Waals surface area contributed by atoms with E-state index in [9.17, 15) is 9.59 Å². The summed E-state index contributed by atoms with van der Waals surface area (Å²) in [5, 5.41) is 0. The van der Waals surface area contributed by atoms with Crippen molar-refractivity contribution in [3.63, 3.8) is 0 Å². The number of rotatable bonds is 1. The molecule has 4 unspecified atom stereocenters. The van der Waals surface area contributed by atoms with E-state index in [1.165, 1.54) is 4.90 Å². The van der Waals surface area contributed by atoms with Gasteiger partial charge in [-0.25, -0.2) is 0 Å². The van der Waals surface area contributed by atoms with Gasteiger partial charge in [0.1, 0.15) is 0 Å². The highest BCUT2D eigenvalue weighted by Gasteiger charge is 2.57. The fourth-order valence-electron chi connectivity index (χ4n) is 3.74. The Morgan fingerprint density at radius 2 is 2.00 bits per heavy atom. The van der Waals surface area contributed by atoms with E-state index in [4.69, 9.17) is 10.5 Å². The Kier molecular flexibility index (Phi) is 2.96. The highest BCUT2D eigenvalue weighted by atomic mass is 79.9. The monoisotopic (exact) mass is 350 g/mol. The topological polar surface area (TPSA) is 72.6 Å². The fourth-order valence-corrected chi connectivity index (χ4v) is 4.10. The summed E-state index contributed by atoms with van der Waals surface area (Å²) in [6, 6.07) is 4.64. The Bertz CT molecular complexity index is 648. The van der Waals surface area contributed by atoms with Gasteiger partial charge in [-0.3, -0.25) is 14.5 Å². The molecule has 1 saturated heterocycles. The number of carbonyl (C=O) groups excluding carboxylic acids is 2. The molecule has 2 aliphatic heterocycles. The van der Waals surface area contributed by atoms with Crippen molar-refractivity contribution in [2.45, 2.75) is 31.0 Å². The molecular formula is C15H15BrN2O3. The molecule has 3 aliphatic rings. The maximum absolute atomic E-state index is 12.6. The standard InChI is InChI=1S/C15H15BrN2O3/c16-7-3-4-8-10(6-7)15(20)18(14(8)19)12-11(17)9-2-1-5-21-13(9)12/h3-4,6,9,11-13H,1-2,5,17H2. The van der Waals surface area contributed by atoms with Crippen LogP contribution >= 0.6 is 15.9 Å². The molecule has 1 aromatic carbocycles. The number of benzene rings is 1. The van der Waals surface area contributed by atoms with Crippen molar-refractivity contribution in [2.24, 2.45) is 11.7 Å². The van der Waals surface area contributed by atoms with Crippen molar-refractivity contribution >= 4 is 27.7 Å². The van der Waals surface area contributed by atoms with Crippen LogP contribution in [0.4, 0.5) is 0 Å². The van der Waals surface area contributed by atoms with Gasteiger partial charge in [0, 0.05) is 23.0 Å². The van der Waals surface area contributed by atoms with Crippen molar-refractivity contribution in [1.29, 1.82) is 0 Å². The van der Waals surface area contributed by atoms with E-state index in [1.807, 2.05) is 0 Å². The second-order valence-corrected chi connectivity index (χ2v) is 6.80. The molecule has 0 radical (unpaired) electrons. The van der Waals surface area contributed by atoms with E-state index in [2.05, 4.69) is 15.9 Å². The number of carbonyl (C=O) groups is 2. The molecule has 2 fully saturated rings. The van der Waals surface area contributed by atoms with Gasteiger partial charge in [0.15, 0.2) is 0 Å². The number of hydrogen-bond acceptors (Lipinski definition) is 4. The lowest BCUT2D eigenvalue weighted by Crippen LogP contribution is -2.72. The summed E-state index contributed by atoms with van der Waals surface area (Å²) in [5.41, 5.74) is 7.11. The Balaban J connectivity index is 1.68. The summed E-state index contributed by atoms with van der Waals surface area (Å²) in [6.07, 6.45) is 1.91. The number of imide groups is 1. The van der Waals surface area contributed by atoms with E-state index < -0.39 is 0 Å². The van der Waals surface area contributed by atoms with Crippen LogP contribution in [-0.2, 0) is 4.74 Å². The van der Waals surface area contributed by atoms with E-state index in [1.54, 1.807) is 18.2 Å². The molecule has 0 aromatic heterocycles. The summed E-state index contributed by atoms with van der Waals surface area (Å²) < 4.78 is 6.54. The molecule has 21 heavy (non-hydrogen) atoms. The second-order valence-electron chi connectivity index (χ2n) is 5.88. The minimum Gasteiger partial charge on any atom is -0.376 e. The molecule has 0 bridgehead atoms. The molecule has 1 aliphatic carbocycles. The third kappa shape index (κ3) is 1.76. The van der Waals surface area contributed by atoms with Gasteiger partial charge in [-0.2, -0.15) is 0 Å². The Hall–Kier alpha value is -1.24. The van der Waals surface area contributed by atoms with Crippen LogP contribution in [-0.4, -0.2) is 41.5 Å². The van der Waals surface area contributed by atoms with E-state index in [0.29, 0.717) is 17.7 Å². The molecule has 2 amide bonds. The predicted molar refractivity (Wildman–Crippen MR) is 78.9 cm³/mol. The minimum absolute atomic E-state index is 0.0978. The molecule has 2 heterocycles. The van der Waals surface area contributed by atoms with Crippen LogP contribution in [0.15, 0.2) is 22.7 Å². The number of nitrogens with zero attached hydrogens (tertiary/aromatic N) is 1. The maximum Gasteiger partial charge on any atom is 0.261 e. The van der Waals surface area contributed by atoms with Crippen LogP contribution in [0.2, 0.25) is 0 Å². The first-order valence-corrected chi connectivity index (χ1v) is 7.93. The summed E-state index contributed by atoms with van der Waals surface area (Å²) in [5.74, 6) is -0.250. The van der Waals surface area contributed by atoms with Gasteiger partial charge in [0.2, 0.25) is 0 Å². The second kappa shape index (κ2) is 4.63. The summed E-state index contributed by atoms with van der Waals surface area (Å²) in [7, 11) is 0. The van der Waals surface area contributed by atoms with Crippen molar-refractivity contribution < 1.29 is 14.3 Å². The first kappa shape index (κ1) is 13.4. The van der Waals surface area contributed by atoms with Gasteiger partial charge in [-0.1, -0.05) is 15.9 Å². The third-order valence-corrected chi connectivity index (χ3v) is 5.31. The van der Waals surface area contributed by atoms with Gasteiger partial charge >= 0.3 is 0 Å². The van der Waals surface area contributed by atoms with Crippen LogP contribution in [0.5, 0.6) is 0 Å². The number of nitrogens with two attached hydrogens (primary N) is 1. The Morgan fingerprint density at radius 3 is 2.81 bits per heavy atom. The molecule has 5 nitrogen and oxygen atoms in total. The normalized spacial score (nSPS) is 34.5. The first-order valence-electron chi connectivity index (χ1n) is 7.14. The zero-order valence-electron chi connectivity index (χ0n) is 11.3. The molecule has 110 valence electrons. The van der Waals surface area contributed by atoms with Crippen LogP contribution in [0.1, 0.15) is 33.6 Å². The lowest BCUT2D eigenvalue weighted by Gasteiger charge is -2.54. The van der Waals surface area contributed by atoms with E-state index in [0.717, 1.165) is 17.3 Å². The molecule has 4 atom stereocenters. The lowest BCUT2D eigenvalue weighted by atomic mass is 9.68. The van der Waals surface area contributed by atoms with Crippen molar-refractivity contribution in [3.05, 3.63) is 33.8 Å². The first-order chi connectivity index (χ1) is 10.1. The van der Waals surface area contributed by atoms with Crippen LogP contribution in [0.25, 0.3) is 0 Å². The van der Waals surface area contributed by atoms with Gasteiger partial charge in [-0.05, 0) is 31.0 Å². The zero-order valence-corrected chi connectivity index (χ0v) is 12.9. The van der Waals surface area contributed by atoms with Gasteiger partial charge < -0.3 is 10.5 Å². The van der Waals surface area contributed by atoms with Crippen molar-refractivity contribution in [1.82, 2.24) is 4.90 Å². The van der Waals surface area contributed by atoms with Gasteiger partial charge in [0.05, 0.1) is 23.3 Å². The van der Waals surface area contributed by atoms with Crippen LogP contribution < -0.4 is 5.73 Å². The quantitative estimate of drug-likeness (QED) is 0.780. The van der Waals surface area contributed by atoms with Gasteiger partial charge in [0.25, 0.3) is 11.8 Å². The van der Waals surface area contributed by atoms with Gasteiger partial charge in [-0.15, -0.1) is 0 Å². The summed E-state index contributed by atoms with van der Waals surface area (Å²) in [4.78, 5) is 26.5. The number of fused-ring (bicyclic) bond motifs is 2. The average Bonchev–Trinajstić information content (AvgIpc) is 2.72. The fraction of sp³-hybridized carbons (Fsp3) is 0.467. The number of ether oxygens (including phenoxy) is 1. The molecule has 6 heteroatoms. The summed E-state index contributed by atoms with van der Waals surface area (Å²) >= 11 is 3.34. The minimum atomic E-state index is -0.332. The van der Waals surface area contributed by atoms with Crippen LogP contribution in [0, 0.1) is 5.92 Å². The number of amides is 2. The Labute approximate surface area is 130 Å². The SMILES string of the molecule is NC1C2CCCOC2C1N1C(=O)c2ccc(Br)cc2C1=O. The highest BCUT2D eigenvalue weighted by molar-refractivity contribution is 9.10. The number of hydrogen-bond donors (Lipinski definition) is 1. The molecule has 2 N–H and O–H groups in total. The molecular weight excluding hydrogens is 336 g/mol. The van der Waals surface area contributed by atoms with E-state index >= 15 is 0 Å². The van der Waals surface area contributed by atoms with Crippen molar-refractivity contribution in [3.8, 4) is 0 Å². The predicted octanol–water partition coefficient (Wildman–Crippen LogP) is 1.55. The Morgan fingerprint density at radius 1 is 1.24 bits per heavy atom. The third-order valence-electron chi connectivity index (χ3n) is 4.82. The number of halogens is 1. The average molecular weight is 351 g/mol. The zero-order chi connectivity index (χ0) is 14.7. The maximum atomic E-state index is 12.6. The van der Waals surface area contributed by atoms with E-state index in [-0.39, 0.29) is 35.9 Å².